The fourth-order valence-corrected chi connectivity index (χ4v) is 7.33. The molecule has 1 saturated heterocycles. The molecule has 246 valence electrons. The highest BCUT2D eigenvalue weighted by Gasteiger charge is 2.30. The number of nitrogens with one attached hydrogen (secondary N) is 2. The lowest BCUT2D eigenvalue weighted by atomic mass is 10.0. The number of benzene rings is 2. The Labute approximate surface area is 278 Å². The maximum Gasteiger partial charge on any atom is 0.410 e. The van der Waals surface area contributed by atoms with Gasteiger partial charge in [-0.15, -0.1) is 0 Å². The van der Waals surface area contributed by atoms with Gasteiger partial charge in [-0.1, -0.05) is 30.7 Å². The highest BCUT2D eigenvalue weighted by Crippen LogP contribution is 2.31. The van der Waals surface area contributed by atoms with Crippen LogP contribution in [0.3, 0.4) is 0 Å². The van der Waals surface area contributed by atoms with E-state index < -0.39 is 15.6 Å². The molecule has 1 aliphatic heterocycles. The van der Waals surface area contributed by atoms with E-state index in [1.165, 1.54) is 18.5 Å². The minimum Gasteiger partial charge on any atom is -0.444 e. The van der Waals surface area contributed by atoms with E-state index >= 15 is 0 Å². The maximum atomic E-state index is 13.1. The van der Waals surface area contributed by atoms with Crippen LogP contribution in [0.1, 0.15) is 52.5 Å². The van der Waals surface area contributed by atoms with Crippen LogP contribution >= 0.6 is 11.6 Å². The number of fused-ring (bicyclic) bond motifs is 2. The zero-order valence-corrected chi connectivity index (χ0v) is 28.3. The van der Waals surface area contributed by atoms with Gasteiger partial charge in [-0.2, -0.15) is 5.10 Å². The number of ether oxygens (including phenoxy) is 1. The molecule has 0 saturated carbocycles. The van der Waals surface area contributed by atoms with Crippen molar-refractivity contribution in [3.8, 4) is 11.3 Å². The molecule has 47 heavy (non-hydrogen) atoms. The average Bonchev–Trinajstić information content (AvgIpc) is 3.48. The Morgan fingerprint density at radius 1 is 1.11 bits per heavy atom. The first-order chi connectivity index (χ1) is 22.4. The van der Waals surface area contributed by atoms with E-state index in [4.69, 9.17) is 21.3 Å². The Kier molecular flexibility index (Phi) is 8.95. The second kappa shape index (κ2) is 13.0. The van der Waals surface area contributed by atoms with Gasteiger partial charge in [-0.25, -0.2) is 32.7 Å². The Balaban J connectivity index is 1.25. The molecule has 4 heterocycles. The number of amides is 1. The summed E-state index contributed by atoms with van der Waals surface area (Å²) in [4.78, 5) is 28.3. The summed E-state index contributed by atoms with van der Waals surface area (Å²) in [7, 11) is -4.00. The molecule has 2 aromatic carbocycles. The number of halogens is 1. The molecular weight excluding hydrogens is 640 g/mol. The molecule has 12 nitrogen and oxygen atoms in total. The third-order valence-corrected chi connectivity index (χ3v) is 9.84. The summed E-state index contributed by atoms with van der Waals surface area (Å²) in [6.07, 6.45) is 6.39. The fraction of sp³-hybridized carbons (Fsp3) is 0.364. The van der Waals surface area contributed by atoms with Crippen molar-refractivity contribution < 1.29 is 17.9 Å². The number of carbonyl (C=O) groups is 1. The lowest BCUT2D eigenvalue weighted by Gasteiger charge is -2.36. The number of piperidine rings is 1. The van der Waals surface area contributed by atoms with Crippen LogP contribution in [-0.2, 0) is 21.2 Å². The van der Waals surface area contributed by atoms with Gasteiger partial charge < -0.3 is 15.0 Å². The monoisotopic (exact) mass is 676 g/mol. The number of likely N-dealkylation sites (tertiary alicyclic amines) is 1. The number of hydrogen-bond donors (Lipinski definition) is 2. The number of carbonyl (C=O) groups excluding carboxylic acids is 1. The van der Waals surface area contributed by atoms with Gasteiger partial charge in [0.25, 0.3) is 10.0 Å². The van der Waals surface area contributed by atoms with Gasteiger partial charge in [-0.3, -0.25) is 4.72 Å². The van der Waals surface area contributed by atoms with Gasteiger partial charge in [0.2, 0.25) is 5.95 Å². The summed E-state index contributed by atoms with van der Waals surface area (Å²) >= 11 is 6.16. The summed E-state index contributed by atoms with van der Waals surface area (Å²) in [5.41, 5.74) is 3.38. The Morgan fingerprint density at radius 3 is 2.68 bits per heavy atom. The second-order valence-electron chi connectivity index (χ2n) is 12.5. The summed E-state index contributed by atoms with van der Waals surface area (Å²) in [6.45, 7) is 8.87. The summed E-state index contributed by atoms with van der Waals surface area (Å²) in [5.74, 6) is 0.621. The minimum atomic E-state index is -4.00. The van der Waals surface area contributed by atoms with Crippen molar-refractivity contribution in [3.05, 3.63) is 71.6 Å². The number of aromatic nitrogens is 5. The zero-order valence-electron chi connectivity index (χ0n) is 26.7. The molecule has 0 aliphatic carbocycles. The van der Waals surface area contributed by atoms with E-state index in [-0.39, 0.29) is 27.9 Å². The summed E-state index contributed by atoms with van der Waals surface area (Å²) in [5, 5.41) is 8.74. The number of hydrogen-bond acceptors (Lipinski definition) is 9. The maximum absolute atomic E-state index is 13.1. The first kappa shape index (κ1) is 32.5. The predicted molar refractivity (Wildman–Crippen MR) is 182 cm³/mol. The van der Waals surface area contributed by atoms with Crippen molar-refractivity contribution in [3.63, 3.8) is 0 Å². The van der Waals surface area contributed by atoms with Crippen LogP contribution in [0.4, 0.5) is 16.6 Å². The van der Waals surface area contributed by atoms with Crippen molar-refractivity contribution in [2.75, 3.05) is 23.1 Å². The van der Waals surface area contributed by atoms with E-state index in [9.17, 15) is 13.2 Å². The lowest BCUT2D eigenvalue weighted by molar-refractivity contribution is 0.0114. The Bertz CT molecular complexity index is 2060. The van der Waals surface area contributed by atoms with Crippen LogP contribution in [0, 0.1) is 0 Å². The van der Waals surface area contributed by atoms with Crippen molar-refractivity contribution >= 4 is 55.9 Å². The molecule has 5 aromatic rings. The van der Waals surface area contributed by atoms with Crippen LogP contribution in [-0.4, -0.2) is 68.7 Å². The van der Waals surface area contributed by atoms with Crippen molar-refractivity contribution in [1.29, 1.82) is 0 Å². The van der Waals surface area contributed by atoms with Crippen molar-refractivity contribution in [2.24, 2.45) is 0 Å². The van der Waals surface area contributed by atoms with Crippen molar-refractivity contribution in [1.82, 2.24) is 29.5 Å². The van der Waals surface area contributed by atoms with Crippen LogP contribution in [0.15, 0.2) is 66.0 Å². The van der Waals surface area contributed by atoms with Gasteiger partial charge in [0, 0.05) is 30.2 Å². The van der Waals surface area contributed by atoms with Crippen LogP contribution in [0.5, 0.6) is 0 Å². The van der Waals surface area contributed by atoms with E-state index in [0.717, 1.165) is 53.4 Å². The molecule has 0 bridgehead atoms. The van der Waals surface area contributed by atoms with Gasteiger partial charge >= 0.3 is 6.09 Å². The number of nitrogens with zero attached hydrogens (tertiary/aromatic N) is 6. The highest BCUT2D eigenvalue weighted by atomic mass is 35.5. The molecule has 3 aromatic heterocycles. The van der Waals surface area contributed by atoms with Gasteiger partial charge in [0.1, 0.15) is 22.3 Å². The van der Waals surface area contributed by atoms with E-state index in [1.807, 2.05) is 37.8 Å². The third kappa shape index (κ3) is 6.96. The molecule has 14 heteroatoms. The van der Waals surface area contributed by atoms with E-state index in [2.05, 4.69) is 38.1 Å². The quantitative estimate of drug-likeness (QED) is 0.187. The highest BCUT2D eigenvalue weighted by molar-refractivity contribution is 7.92. The molecule has 0 spiro atoms. The largest absolute Gasteiger partial charge is 0.444 e. The van der Waals surface area contributed by atoms with Gasteiger partial charge in [0.05, 0.1) is 22.3 Å². The van der Waals surface area contributed by atoms with Crippen LogP contribution in [0.25, 0.3) is 27.7 Å². The zero-order chi connectivity index (χ0) is 33.3. The molecule has 1 fully saturated rings. The van der Waals surface area contributed by atoms with E-state index in [0.29, 0.717) is 24.6 Å². The van der Waals surface area contributed by atoms with Gasteiger partial charge in [-0.05, 0) is 88.4 Å². The molecule has 2 N–H and O–H groups in total. The Morgan fingerprint density at radius 2 is 1.91 bits per heavy atom. The SMILES string of the molecule is CCc1cc(-c2ccc3c(NS(=O)(=O)c4ccccc4Cl)ncnn23)cc2cnc(NC[C@@H]3CCCCN3C(=O)OC(C)(C)C)nc12. The Hall–Kier alpha value is -4.49. The van der Waals surface area contributed by atoms with Crippen LogP contribution in [0.2, 0.25) is 5.02 Å². The lowest BCUT2D eigenvalue weighted by Crippen LogP contribution is -2.49. The first-order valence-electron chi connectivity index (χ1n) is 15.6. The summed E-state index contributed by atoms with van der Waals surface area (Å²) < 4.78 is 36.1. The normalized spacial score (nSPS) is 15.6. The third-order valence-electron chi connectivity index (χ3n) is 8.00. The van der Waals surface area contributed by atoms with Crippen LogP contribution < -0.4 is 10.0 Å². The van der Waals surface area contributed by atoms with E-state index in [1.54, 1.807) is 28.9 Å². The topological polar surface area (TPSA) is 144 Å². The van der Waals surface area contributed by atoms with Crippen molar-refractivity contribution in [2.45, 2.75) is 69.9 Å². The fourth-order valence-electron chi connectivity index (χ4n) is 5.78. The molecule has 1 aliphatic rings. The minimum absolute atomic E-state index is 0.0189. The second-order valence-corrected chi connectivity index (χ2v) is 14.5. The molecule has 6 rings (SSSR count). The smallest absolute Gasteiger partial charge is 0.410 e. The standard InChI is InChI=1S/C33H37ClN8O4S/c1-5-21-16-22(26-13-14-27-30(37-20-38-42(26)27)40-47(44,45)28-12-7-6-11-25(28)34)17-23-18-35-31(39-29(21)23)36-19-24-10-8-9-15-41(24)32(43)46-33(2,3)4/h6-7,11-14,16-18,20,24H,5,8-10,15,19H2,1-4H3,(H,35,36,39)(H,37,38,40)/t24-/m0/s1. The molecule has 1 atom stereocenters. The van der Waals surface area contributed by atoms with Gasteiger partial charge in [0.15, 0.2) is 5.82 Å². The number of rotatable bonds is 8. The number of aryl methyl sites for hydroxylation is 1. The molecule has 0 radical (unpaired) electrons. The predicted octanol–water partition coefficient (Wildman–Crippen LogP) is 6.56. The number of sulfonamides is 1. The summed E-state index contributed by atoms with van der Waals surface area (Å²) in [6, 6.07) is 13.9. The number of anilines is 2. The average molecular weight is 677 g/mol. The first-order valence-corrected chi connectivity index (χ1v) is 17.4. The molecular formula is C33H37ClN8O4S. The molecule has 1 amide bonds. The molecule has 0 unspecified atom stereocenters.